The van der Waals surface area contributed by atoms with Gasteiger partial charge in [-0.15, -0.1) is 0 Å². The van der Waals surface area contributed by atoms with Crippen molar-refractivity contribution in [2.45, 2.75) is 71.3 Å². The number of nitrogens with one attached hydrogen (secondary N) is 1. The number of ether oxygens (including phenoxy) is 1. The molecule has 0 heterocycles. The van der Waals surface area contributed by atoms with Crippen LogP contribution in [0.1, 0.15) is 69.9 Å². The number of rotatable bonds is 8. The Labute approximate surface area is 130 Å². The Morgan fingerprint density at radius 2 is 2.00 bits per heavy atom. The van der Waals surface area contributed by atoms with Crippen molar-refractivity contribution in [1.82, 2.24) is 5.32 Å². The fourth-order valence-electron chi connectivity index (χ4n) is 2.91. The van der Waals surface area contributed by atoms with Crippen LogP contribution in [0, 0.1) is 6.92 Å². The topological polar surface area (TPSA) is 21.3 Å². The van der Waals surface area contributed by atoms with Crippen LogP contribution in [0.15, 0.2) is 18.2 Å². The SMILES string of the molecule is CCCNCCC1(Oc2cc(C(C)C)ccc2C)CCC1. The first-order valence-electron chi connectivity index (χ1n) is 8.56. The second-order valence-corrected chi connectivity index (χ2v) is 6.82. The Morgan fingerprint density at radius 1 is 1.24 bits per heavy atom. The van der Waals surface area contributed by atoms with E-state index < -0.39 is 0 Å². The molecule has 0 saturated heterocycles. The minimum atomic E-state index is 0.0844. The molecule has 21 heavy (non-hydrogen) atoms. The molecule has 0 spiro atoms. The molecule has 0 aromatic heterocycles. The lowest BCUT2D eigenvalue weighted by Crippen LogP contribution is -2.45. The van der Waals surface area contributed by atoms with Crippen LogP contribution in [-0.4, -0.2) is 18.7 Å². The standard InChI is InChI=1S/C19H31NO/c1-5-12-20-13-11-19(9-6-10-19)21-18-14-17(15(2)3)8-7-16(18)4/h7-8,14-15,20H,5-6,9-13H2,1-4H3. The molecule has 1 aliphatic carbocycles. The van der Waals surface area contributed by atoms with E-state index in [9.17, 15) is 0 Å². The first-order chi connectivity index (χ1) is 10.1. The normalized spacial score (nSPS) is 16.8. The molecule has 1 aliphatic rings. The second kappa shape index (κ2) is 7.31. The highest BCUT2D eigenvalue weighted by atomic mass is 16.5. The van der Waals surface area contributed by atoms with Crippen molar-refractivity contribution in [3.05, 3.63) is 29.3 Å². The first-order valence-corrected chi connectivity index (χ1v) is 8.56. The van der Waals surface area contributed by atoms with Gasteiger partial charge in [0.05, 0.1) is 0 Å². The Bertz CT molecular complexity index is 449. The van der Waals surface area contributed by atoms with Gasteiger partial charge in [-0.05, 0) is 75.2 Å². The summed E-state index contributed by atoms with van der Waals surface area (Å²) in [7, 11) is 0. The number of benzene rings is 1. The molecule has 1 saturated carbocycles. The van der Waals surface area contributed by atoms with E-state index in [0.717, 1.165) is 25.3 Å². The monoisotopic (exact) mass is 289 g/mol. The van der Waals surface area contributed by atoms with Crippen LogP contribution in [-0.2, 0) is 0 Å². The van der Waals surface area contributed by atoms with E-state index in [2.05, 4.69) is 51.2 Å². The summed E-state index contributed by atoms with van der Waals surface area (Å²) in [5.41, 5.74) is 2.71. The van der Waals surface area contributed by atoms with Gasteiger partial charge in [0.25, 0.3) is 0 Å². The zero-order valence-corrected chi connectivity index (χ0v) is 14.2. The molecule has 1 N–H and O–H groups in total. The Balaban J connectivity index is 2.02. The predicted molar refractivity (Wildman–Crippen MR) is 90.3 cm³/mol. The minimum Gasteiger partial charge on any atom is -0.487 e. The van der Waals surface area contributed by atoms with E-state index >= 15 is 0 Å². The summed E-state index contributed by atoms with van der Waals surface area (Å²) in [6.07, 6.45) is 6.02. The van der Waals surface area contributed by atoms with E-state index in [1.807, 2.05) is 0 Å². The first kappa shape index (κ1) is 16.4. The third-order valence-corrected chi connectivity index (χ3v) is 4.65. The molecule has 0 unspecified atom stereocenters. The van der Waals surface area contributed by atoms with Gasteiger partial charge in [-0.2, -0.15) is 0 Å². The van der Waals surface area contributed by atoms with Gasteiger partial charge in [0.2, 0.25) is 0 Å². The molecule has 1 aromatic carbocycles. The van der Waals surface area contributed by atoms with Crippen LogP contribution in [0.5, 0.6) is 5.75 Å². The molecule has 0 radical (unpaired) electrons. The fourth-order valence-corrected chi connectivity index (χ4v) is 2.91. The Kier molecular flexibility index (Phi) is 5.69. The van der Waals surface area contributed by atoms with Crippen molar-refractivity contribution >= 4 is 0 Å². The average molecular weight is 289 g/mol. The van der Waals surface area contributed by atoms with Gasteiger partial charge in [0, 0.05) is 0 Å². The quantitative estimate of drug-likeness (QED) is 0.693. The zero-order chi connectivity index (χ0) is 15.3. The summed E-state index contributed by atoms with van der Waals surface area (Å²) in [5, 5.41) is 3.51. The molecule has 0 bridgehead atoms. The highest BCUT2D eigenvalue weighted by Gasteiger charge is 2.39. The van der Waals surface area contributed by atoms with E-state index in [1.54, 1.807) is 0 Å². The molecule has 0 aliphatic heterocycles. The smallest absolute Gasteiger partial charge is 0.123 e. The van der Waals surface area contributed by atoms with Gasteiger partial charge in [-0.25, -0.2) is 0 Å². The highest BCUT2D eigenvalue weighted by molar-refractivity contribution is 5.38. The summed E-state index contributed by atoms with van der Waals surface area (Å²) < 4.78 is 6.50. The van der Waals surface area contributed by atoms with E-state index in [4.69, 9.17) is 4.74 Å². The molecule has 118 valence electrons. The lowest BCUT2D eigenvalue weighted by molar-refractivity contribution is -0.0148. The molecule has 1 aromatic rings. The molecule has 2 rings (SSSR count). The summed E-state index contributed by atoms with van der Waals surface area (Å²) in [6.45, 7) is 11.0. The van der Waals surface area contributed by atoms with Crippen LogP contribution in [0.25, 0.3) is 0 Å². The largest absolute Gasteiger partial charge is 0.487 e. The summed E-state index contributed by atoms with van der Waals surface area (Å²) in [5.74, 6) is 1.65. The maximum absolute atomic E-state index is 6.50. The van der Waals surface area contributed by atoms with Crippen LogP contribution in [0.4, 0.5) is 0 Å². The average Bonchev–Trinajstić information content (AvgIpc) is 2.42. The molecule has 0 atom stereocenters. The third kappa shape index (κ3) is 4.23. The number of aryl methyl sites for hydroxylation is 1. The summed E-state index contributed by atoms with van der Waals surface area (Å²) >= 11 is 0. The summed E-state index contributed by atoms with van der Waals surface area (Å²) in [4.78, 5) is 0. The third-order valence-electron chi connectivity index (χ3n) is 4.65. The molecule has 1 fully saturated rings. The van der Waals surface area contributed by atoms with Crippen molar-refractivity contribution in [1.29, 1.82) is 0 Å². The molecule has 2 nitrogen and oxygen atoms in total. The van der Waals surface area contributed by atoms with E-state index in [1.165, 1.54) is 36.8 Å². The van der Waals surface area contributed by atoms with Crippen LogP contribution >= 0.6 is 0 Å². The Morgan fingerprint density at radius 3 is 2.57 bits per heavy atom. The van der Waals surface area contributed by atoms with Crippen molar-refractivity contribution in [2.75, 3.05) is 13.1 Å². The molecule has 0 amide bonds. The number of hydrogen-bond donors (Lipinski definition) is 1. The summed E-state index contributed by atoms with van der Waals surface area (Å²) in [6, 6.07) is 6.68. The fraction of sp³-hybridized carbons (Fsp3) is 0.684. The van der Waals surface area contributed by atoms with Gasteiger partial charge in [-0.3, -0.25) is 0 Å². The maximum atomic E-state index is 6.50. The molecular weight excluding hydrogens is 258 g/mol. The Hall–Kier alpha value is -1.02. The second-order valence-electron chi connectivity index (χ2n) is 6.82. The zero-order valence-electron chi connectivity index (χ0n) is 14.2. The molecular formula is C19H31NO. The van der Waals surface area contributed by atoms with Gasteiger partial charge in [0.15, 0.2) is 0 Å². The number of hydrogen-bond acceptors (Lipinski definition) is 2. The van der Waals surface area contributed by atoms with Gasteiger partial charge >= 0.3 is 0 Å². The van der Waals surface area contributed by atoms with Crippen LogP contribution < -0.4 is 10.1 Å². The van der Waals surface area contributed by atoms with Crippen LogP contribution in [0.3, 0.4) is 0 Å². The van der Waals surface area contributed by atoms with Gasteiger partial charge in [0.1, 0.15) is 11.4 Å². The van der Waals surface area contributed by atoms with Crippen molar-refractivity contribution in [2.24, 2.45) is 0 Å². The lowest BCUT2D eigenvalue weighted by atomic mass is 9.77. The van der Waals surface area contributed by atoms with Crippen molar-refractivity contribution < 1.29 is 4.74 Å². The minimum absolute atomic E-state index is 0.0844. The van der Waals surface area contributed by atoms with Gasteiger partial charge < -0.3 is 10.1 Å². The van der Waals surface area contributed by atoms with Gasteiger partial charge in [-0.1, -0.05) is 32.9 Å². The maximum Gasteiger partial charge on any atom is 0.123 e. The van der Waals surface area contributed by atoms with Crippen molar-refractivity contribution in [3.8, 4) is 5.75 Å². The van der Waals surface area contributed by atoms with E-state index in [0.29, 0.717) is 5.92 Å². The van der Waals surface area contributed by atoms with Crippen LogP contribution in [0.2, 0.25) is 0 Å². The van der Waals surface area contributed by atoms with E-state index in [-0.39, 0.29) is 5.60 Å². The predicted octanol–water partition coefficient (Wildman–Crippen LogP) is 4.81. The molecule has 2 heteroatoms. The van der Waals surface area contributed by atoms with Crippen molar-refractivity contribution in [3.63, 3.8) is 0 Å². The highest BCUT2D eigenvalue weighted by Crippen LogP contribution is 2.40. The lowest BCUT2D eigenvalue weighted by Gasteiger charge is -2.42.